The molecule has 0 spiro atoms. The maximum Gasteiger partial charge on any atom is 0.208 e. The molecule has 21 heavy (non-hydrogen) atoms. The number of hydrogen-bond donors (Lipinski definition) is 0. The fraction of sp³-hybridized carbons (Fsp3) is 0.167. The molecule has 2 aromatic carbocycles. The first kappa shape index (κ1) is 14.0. The normalized spacial score (nSPS) is 11.0. The second-order valence-corrected chi connectivity index (χ2v) is 6.23. The molecule has 0 bridgehead atoms. The maximum absolute atomic E-state index is 12.2. The number of Topliss-reactive ketones (excluding diaryl/α,β-unsaturated/α-hetero) is 1. The molecule has 1 heterocycles. The van der Waals surface area contributed by atoms with Crippen molar-refractivity contribution in [2.45, 2.75) is 18.7 Å². The van der Waals surface area contributed by atoms with Gasteiger partial charge in [0.05, 0.1) is 5.75 Å². The minimum Gasteiger partial charge on any atom is -0.453 e. The summed E-state index contributed by atoms with van der Waals surface area (Å²) in [5.74, 6) is 0.853. The lowest BCUT2D eigenvalue weighted by molar-refractivity contribution is 0.0994. The van der Waals surface area contributed by atoms with Gasteiger partial charge in [-0.2, -0.15) is 0 Å². The van der Waals surface area contributed by atoms with Crippen molar-refractivity contribution in [2.75, 3.05) is 5.75 Å². The highest BCUT2D eigenvalue weighted by Gasteiger charge is 2.12. The summed E-state index contributed by atoms with van der Waals surface area (Å²) in [5, 5.41) is 0.985. The lowest BCUT2D eigenvalue weighted by Gasteiger charge is -2.00. The van der Waals surface area contributed by atoms with Crippen LogP contribution in [0.4, 0.5) is 0 Å². The molecular weight excluding hydrogens is 280 g/mol. The van der Waals surface area contributed by atoms with Gasteiger partial charge in [-0.3, -0.25) is 4.79 Å². The number of ketones is 1. The lowest BCUT2D eigenvalue weighted by atomic mass is 10.2. The number of carbonyl (C=O) groups is 1. The zero-order valence-electron chi connectivity index (χ0n) is 12.1. The molecule has 2 nitrogen and oxygen atoms in total. The van der Waals surface area contributed by atoms with Crippen LogP contribution in [0.2, 0.25) is 0 Å². The smallest absolute Gasteiger partial charge is 0.208 e. The second-order valence-electron chi connectivity index (χ2n) is 5.18. The van der Waals surface area contributed by atoms with Crippen molar-refractivity contribution in [1.82, 2.24) is 0 Å². The van der Waals surface area contributed by atoms with E-state index >= 15 is 0 Å². The highest BCUT2D eigenvalue weighted by atomic mass is 32.2. The highest BCUT2D eigenvalue weighted by Crippen LogP contribution is 2.24. The average Bonchev–Trinajstić information content (AvgIpc) is 2.89. The number of thioether (sulfide) groups is 1. The summed E-state index contributed by atoms with van der Waals surface area (Å²) in [4.78, 5) is 13.3. The molecule has 0 saturated carbocycles. The minimum atomic E-state index is 0.0226. The molecule has 0 atom stereocenters. The fourth-order valence-corrected chi connectivity index (χ4v) is 2.92. The summed E-state index contributed by atoms with van der Waals surface area (Å²) >= 11 is 1.54. The van der Waals surface area contributed by atoms with Crippen molar-refractivity contribution < 1.29 is 9.21 Å². The third-order valence-corrected chi connectivity index (χ3v) is 4.35. The van der Waals surface area contributed by atoms with Gasteiger partial charge in [0.2, 0.25) is 5.78 Å². The van der Waals surface area contributed by atoms with Crippen molar-refractivity contribution in [3.05, 3.63) is 65.4 Å². The van der Waals surface area contributed by atoms with Crippen LogP contribution in [0.25, 0.3) is 11.0 Å². The molecule has 0 saturated heterocycles. The van der Waals surface area contributed by atoms with E-state index in [0.29, 0.717) is 11.5 Å². The van der Waals surface area contributed by atoms with Crippen LogP contribution in [0, 0.1) is 13.8 Å². The van der Waals surface area contributed by atoms with Crippen LogP contribution in [0.3, 0.4) is 0 Å². The number of rotatable bonds is 4. The lowest BCUT2D eigenvalue weighted by Crippen LogP contribution is -2.00. The summed E-state index contributed by atoms with van der Waals surface area (Å²) < 4.78 is 5.63. The Balaban J connectivity index is 1.73. The molecule has 3 aromatic rings. The van der Waals surface area contributed by atoms with Crippen molar-refractivity contribution in [1.29, 1.82) is 0 Å². The van der Waals surface area contributed by atoms with Crippen molar-refractivity contribution in [2.24, 2.45) is 0 Å². The predicted molar refractivity (Wildman–Crippen MR) is 87.2 cm³/mol. The summed E-state index contributed by atoms with van der Waals surface area (Å²) in [5.41, 5.74) is 3.15. The topological polar surface area (TPSA) is 30.2 Å². The Kier molecular flexibility index (Phi) is 3.84. The molecule has 0 aliphatic rings. The van der Waals surface area contributed by atoms with Crippen LogP contribution >= 0.6 is 11.8 Å². The SMILES string of the molecule is Cc1ccc(SCC(=O)c2cc3cc(C)ccc3o2)cc1. The number of hydrogen-bond acceptors (Lipinski definition) is 3. The van der Waals surface area contributed by atoms with Gasteiger partial charge in [-0.1, -0.05) is 29.3 Å². The number of furan rings is 1. The Morgan fingerprint density at radius 3 is 2.48 bits per heavy atom. The van der Waals surface area contributed by atoms with E-state index in [1.165, 1.54) is 17.3 Å². The van der Waals surface area contributed by atoms with E-state index in [-0.39, 0.29) is 5.78 Å². The van der Waals surface area contributed by atoms with E-state index < -0.39 is 0 Å². The number of benzene rings is 2. The van der Waals surface area contributed by atoms with E-state index in [2.05, 4.69) is 19.1 Å². The van der Waals surface area contributed by atoms with E-state index in [0.717, 1.165) is 21.4 Å². The third-order valence-electron chi connectivity index (χ3n) is 3.34. The Morgan fingerprint density at radius 2 is 1.71 bits per heavy atom. The van der Waals surface area contributed by atoms with Crippen LogP contribution in [0.5, 0.6) is 0 Å². The summed E-state index contributed by atoms with van der Waals surface area (Å²) in [6.07, 6.45) is 0. The molecule has 1 aromatic heterocycles. The molecule has 0 radical (unpaired) electrons. The minimum absolute atomic E-state index is 0.0226. The molecule has 3 heteroatoms. The highest BCUT2D eigenvalue weighted by molar-refractivity contribution is 8.00. The molecule has 106 valence electrons. The summed E-state index contributed by atoms with van der Waals surface area (Å²) in [6.45, 7) is 4.08. The van der Waals surface area contributed by atoms with Gasteiger partial charge in [-0.15, -0.1) is 11.8 Å². The van der Waals surface area contributed by atoms with Gasteiger partial charge in [0, 0.05) is 10.3 Å². The monoisotopic (exact) mass is 296 g/mol. The molecular formula is C18H16O2S. The van der Waals surface area contributed by atoms with Gasteiger partial charge in [0.15, 0.2) is 5.76 Å². The van der Waals surface area contributed by atoms with Crippen molar-refractivity contribution in [3.8, 4) is 0 Å². The van der Waals surface area contributed by atoms with Crippen LogP contribution in [-0.2, 0) is 0 Å². The largest absolute Gasteiger partial charge is 0.453 e. The van der Waals surface area contributed by atoms with Crippen molar-refractivity contribution >= 4 is 28.5 Å². The molecule has 0 unspecified atom stereocenters. The van der Waals surface area contributed by atoms with Crippen LogP contribution in [-0.4, -0.2) is 11.5 Å². The summed E-state index contributed by atoms with van der Waals surface area (Å²) in [6, 6.07) is 15.9. The molecule has 0 amide bonds. The van der Waals surface area contributed by atoms with Crippen LogP contribution in [0.15, 0.2) is 57.8 Å². The van der Waals surface area contributed by atoms with Gasteiger partial charge < -0.3 is 4.42 Å². The number of aryl methyl sites for hydroxylation is 2. The summed E-state index contributed by atoms with van der Waals surface area (Å²) in [7, 11) is 0. The van der Waals surface area contributed by atoms with Crippen molar-refractivity contribution in [3.63, 3.8) is 0 Å². The van der Waals surface area contributed by atoms with E-state index in [9.17, 15) is 4.79 Å². The average molecular weight is 296 g/mol. The first-order valence-corrected chi connectivity index (χ1v) is 7.83. The molecule has 0 N–H and O–H groups in total. The Bertz CT molecular complexity index is 785. The first-order valence-electron chi connectivity index (χ1n) is 6.85. The second kappa shape index (κ2) is 5.78. The van der Waals surface area contributed by atoms with Gasteiger partial charge in [-0.05, 0) is 44.2 Å². The van der Waals surface area contributed by atoms with E-state index in [4.69, 9.17) is 4.42 Å². The molecule has 0 aliphatic heterocycles. The zero-order chi connectivity index (χ0) is 14.8. The zero-order valence-corrected chi connectivity index (χ0v) is 12.9. The van der Waals surface area contributed by atoms with E-state index in [1.807, 2.05) is 43.3 Å². The van der Waals surface area contributed by atoms with Gasteiger partial charge in [-0.25, -0.2) is 0 Å². The number of fused-ring (bicyclic) bond motifs is 1. The fourth-order valence-electron chi connectivity index (χ4n) is 2.15. The maximum atomic E-state index is 12.2. The standard InChI is InChI=1S/C18H16O2S/c1-12-3-6-15(7-4-12)21-11-16(19)18-10-14-9-13(2)5-8-17(14)20-18/h3-10H,11H2,1-2H3. The molecule has 3 rings (SSSR count). The quantitative estimate of drug-likeness (QED) is 0.500. The van der Waals surface area contributed by atoms with Gasteiger partial charge >= 0.3 is 0 Å². The molecule has 0 fully saturated rings. The number of carbonyl (C=O) groups excluding carboxylic acids is 1. The molecule has 0 aliphatic carbocycles. The van der Waals surface area contributed by atoms with Crippen LogP contribution in [0.1, 0.15) is 21.7 Å². The van der Waals surface area contributed by atoms with E-state index in [1.54, 1.807) is 0 Å². The Morgan fingerprint density at radius 1 is 1.00 bits per heavy atom. The third kappa shape index (κ3) is 3.19. The Hall–Kier alpha value is -2.00. The van der Waals surface area contributed by atoms with Gasteiger partial charge in [0.25, 0.3) is 0 Å². The van der Waals surface area contributed by atoms with Crippen LogP contribution < -0.4 is 0 Å². The first-order chi connectivity index (χ1) is 10.1. The Labute approximate surface area is 128 Å². The predicted octanol–water partition coefficient (Wildman–Crippen LogP) is 5.02. The van der Waals surface area contributed by atoms with Gasteiger partial charge in [0.1, 0.15) is 5.58 Å².